The van der Waals surface area contributed by atoms with E-state index in [4.69, 9.17) is 10.5 Å². The largest absolute Gasteiger partial charge is 0.481 e. The average Bonchev–Trinajstić information content (AvgIpc) is 2.94. The van der Waals surface area contributed by atoms with Crippen molar-refractivity contribution in [3.8, 4) is 0 Å². The molecule has 2 saturated heterocycles. The van der Waals surface area contributed by atoms with Gasteiger partial charge in [-0.25, -0.2) is 4.98 Å². The lowest BCUT2D eigenvalue weighted by Crippen LogP contribution is -2.44. The van der Waals surface area contributed by atoms with Crippen molar-refractivity contribution in [2.75, 3.05) is 36.9 Å². The molecule has 0 radical (unpaired) electrons. The molecule has 1 aromatic rings. The lowest BCUT2D eigenvalue weighted by molar-refractivity contribution is -0.157. The maximum Gasteiger partial charge on any atom is 0.311 e. The van der Waals surface area contributed by atoms with E-state index < -0.39 is 11.4 Å². The molecule has 3 heterocycles. The molecule has 132 valence electrons. The van der Waals surface area contributed by atoms with Crippen LogP contribution >= 0.6 is 0 Å². The second kappa shape index (κ2) is 6.55. The van der Waals surface area contributed by atoms with Crippen LogP contribution in [-0.4, -0.2) is 47.3 Å². The second-order valence-electron chi connectivity index (χ2n) is 6.94. The predicted molar refractivity (Wildman–Crippen MR) is 91.0 cm³/mol. The van der Waals surface area contributed by atoms with Gasteiger partial charge in [-0.05, 0) is 26.2 Å². The molecule has 2 aliphatic heterocycles. The van der Waals surface area contributed by atoms with Gasteiger partial charge in [-0.3, -0.25) is 4.79 Å². The van der Waals surface area contributed by atoms with Gasteiger partial charge >= 0.3 is 5.97 Å². The second-order valence-corrected chi connectivity index (χ2v) is 6.94. The molecule has 0 unspecified atom stereocenters. The zero-order valence-electron chi connectivity index (χ0n) is 14.4. The van der Waals surface area contributed by atoms with E-state index in [-0.39, 0.29) is 11.9 Å². The minimum atomic E-state index is -0.742. The number of carboxylic acid groups (broad SMARTS) is 1. The molecule has 2 atom stereocenters. The minimum absolute atomic E-state index is 0.0146. The molecule has 3 N–H and O–H groups in total. The number of rotatable bonds is 5. The lowest BCUT2D eigenvalue weighted by Gasteiger charge is -2.34. The molecular weight excluding hydrogens is 308 g/mol. The van der Waals surface area contributed by atoms with Gasteiger partial charge in [0.15, 0.2) is 0 Å². The summed E-state index contributed by atoms with van der Waals surface area (Å²) in [5.74, 6) is 0.313. The Bertz CT molecular complexity index is 637. The molecule has 0 saturated carbocycles. The van der Waals surface area contributed by atoms with Crippen molar-refractivity contribution in [1.29, 1.82) is 0 Å². The van der Waals surface area contributed by atoms with E-state index in [1.54, 1.807) is 0 Å². The Morgan fingerprint density at radius 2 is 2.29 bits per heavy atom. The molecule has 2 aliphatic rings. The molecule has 3 rings (SSSR count). The van der Waals surface area contributed by atoms with Gasteiger partial charge in [0.1, 0.15) is 5.82 Å². The third-order valence-corrected chi connectivity index (χ3v) is 5.42. The number of fused-ring (bicyclic) bond motifs is 1. The summed E-state index contributed by atoms with van der Waals surface area (Å²) in [6, 6.07) is 0. The van der Waals surface area contributed by atoms with Crippen LogP contribution in [0, 0.1) is 18.3 Å². The van der Waals surface area contributed by atoms with Gasteiger partial charge in [-0.1, -0.05) is 13.3 Å². The van der Waals surface area contributed by atoms with Gasteiger partial charge in [-0.2, -0.15) is 4.98 Å². The van der Waals surface area contributed by atoms with Crippen LogP contribution in [0.25, 0.3) is 0 Å². The van der Waals surface area contributed by atoms with E-state index >= 15 is 0 Å². The van der Waals surface area contributed by atoms with Crippen molar-refractivity contribution >= 4 is 17.7 Å². The number of aryl methyl sites for hydroxylation is 1. The fourth-order valence-electron chi connectivity index (χ4n) is 3.97. The number of nitrogens with two attached hydrogens (primary N) is 1. The number of carbonyl (C=O) groups is 1. The number of aliphatic carboxylic acids is 1. The van der Waals surface area contributed by atoms with Crippen molar-refractivity contribution in [2.45, 2.75) is 39.5 Å². The number of aromatic nitrogens is 2. The Hall–Kier alpha value is -1.89. The first kappa shape index (κ1) is 17.0. The number of nitrogen functional groups attached to an aromatic ring is 1. The molecule has 0 amide bonds. The zero-order chi connectivity index (χ0) is 17.3. The summed E-state index contributed by atoms with van der Waals surface area (Å²) in [6.45, 7) is 6.20. The van der Waals surface area contributed by atoms with Crippen LogP contribution in [0.5, 0.6) is 0 Å². The molecular formula is C17H26N4O3. The molecule has 24 heavy (non-hydrogen) atoms. The van der Waals surface area contributed by atoms with E-state index in [1.165, 1.54) is 0 Å². The molecule has 0 aromatic carbocycles. The van der Waals surface area contributed by atoms with E-state index in [0.29, 0.717) is 32.7 Å². The van der Waals surface area contributed by atoms with Crippen molar-refractivity contribution in [3.05, 3.63) is 11.3 Å². The summed E-state index contributed by atoms with van der Waals surface area (Å²) in [4.78, 5) is 22.8. The standard InChI is InChI=1S/C17H26N4O3/c1-3-4-5-13-11(2)19-16(18)20-14(13)21-8-12-9-24-7-6-17(12,10-21)15(22)23/h12H,3-10H2,1-2H3,(H,22,23)(H2,18,19,20)/t12-,17+/m1/s1. The SMILES string of the molecule is CCCCc1c(C)nc(N)nc1N1C[C@@H]2COCC[C@]2(C(=O)O)C1. The molecule has 0 aliphatic carbocycles. The van der Waals surface area contributed by atoms with Crippen LogP contribution < -0.4 is 10.6 Å². The molecule has 1 aromatic heterocycles. The number of anilines is 2. The van der Waals surface area contributed by atoms with Crippen LogP contribution in [0.4, 0.5) is 11.8 Å². The summed E-state index contributed by atoms with van der Waals surface area (Å²) in [5.41, 5.74) is 7.11. The highest BCUT2D eigenvalue weighted by atomic mass is 16.5. The summed E-state index contributed by atoms with van der Waals surface area (Å²) in [6.07, 6.45) is 3.56. The van der Waals surface area contributed by atoms with Crippen molar-refractivity contribution < 1.29 is 14.6 Å². The third-order valence-electron chi connectivity index (χ3n) is 5.42. The van der Waals surface area contributed by atoms with E-state index in [0.717, 1.165) is 36.3 Å². The van der Waals surface area contributed by atoms with Gasteiger partial charge < -0.3 is 20.5 Å². The third kappa shape index (κ3) is 2.81. The quantitative estimate of drug-likeness (QED) is 0.844. The fraction of sp³-hybridized carbons (Fsp3) is 0.706. The number of ether oxygens (including phenoxy) is 1. The summed E-state index contributed by atoms with van der Waals surface area (Å²) < 4.78 is 5.54. The fourth-order valence-corrected chi connectivity index (χ4v) is 3.97. The molecule has 7 heteroatoms. The number of carboxylic acids is 1. The lowest BCUT2D eigenvalue weighted by atomic mass is 9.74. The van der Waals surface area contributed by atoms with Crippen molar-refractivity contribution in [1.82, 2.24) is 9.97 Å². The summed E-state index contributed by atoms with van der Waals surface area (Å²) in [7, 11) is 0. The Morgan fingerprint density at radius 3 is 2.96 bits per heavy atom. The normalized spacial score (nSPS) is 26.4. The van der Waals surface area contributed by atoms with E-state index in [9.17, 15) is 9.90 Å². The van der Waals surface area contributed by atoms with E-state index in [1.807, 2.05) is 6.92 Å². The Kier molecular flexibility index (Phi) is 4.62. The first-order valence-electron chi connectivity index (χ1n) is 8.67. The highest BCUT2D eigenvalue weighted by Crippen LogP contribution is 2.44. The topological polar surface area (TPSA) is 102 Å². The average molecular weight is 334 g/mol. The van der Waals surface area contributed by atoms with Gasteiger partial charge in [0, 0.05) is 36.9 Å². The Morgan fingerprint density at radius 1 is 1.50 bits per heavy atom. The zero-order valence-corrected chi connectivity index (χ0v) is 14.4. The Labute approximate surface area is 142 Å². The molecule has 0 spiro atoms. The van der Waals surface area contributed by atoms with Crippen LogP contribution in [0.1, 0.15) is 37.4 Å². The van der Waals surface area contributed by atoms with Gasteiger partial charge in [0.05, 0.1) is 12.0 Å². The minimum Gasteiger partial charge on any atom is -0.481 e. The summed E-state index contributed by atoms with van der Waals surface area (Å²) >= 11 is 0. The first-order chi connectivity index (χ1) is 11.5. The summed E-state index contributed by atoms with van der Waals surface area (Å²) in [5, 5.41) is 9.84. The monoisotopic (exact) mass is 334 g/mol. The predicted octanol–water partition coefficient (Wildman–Crippen LogP) is 1.64. The van der Waals surface area contributed by atoms with Crippen LogP contribution in [0.3, 0.4) is 0 Å². The van der Waals surface area contributed by atoms with Gasteiger partial charge in [-0.15, -0.1) is 0 Å². The molecule has 0 bridgehead atoms. The number of nitrogens with zero attached hydrogens (tertiary/aromatic N) is 3. The highest BCUT2D eigenvalue weighted by molar-refractivity contribution is 5.77. The number of unbranched alkanes of at least 4 members (excludes halogenated alkanes) is 1. The van der Waals surface area contributed by atoms with Crippen molar-refractivity contribution in [3.63, 3.8) is 0 Å². The van der Waals surface area contributed by atoms with Crippen LogP contribution in [0.15, 0.2) is 0 Å². The molecule has 7 nitrogen and oxygen atoms in total. The van der Waals surface area contributed by atoms with Crippen LogP contribution in [0.2, 0.25) is 0 Å². The van der Waals surface area contributed by atoms with Gasteiger partial charge in [0.25, 0.3) is 0 Å². The maximum atomic E-state index is 12.0. The first-order valence-corrected chi connectivity index (χ1v) is 8.67. The maximum absolute atomic E-state index is 12.0. The van der Waals surface area contributed by atoms with Crippen LogP contribution in [-0.2, 0) is 16.0 Å². The smallest absolute Gasteiger partial charge is 0.311 e. The van der Waals surface area contributed by atoms with Gasteiger partial charge in [0.2, 0.25) is 5.95 Å². The highest BCUT2D eigenvalue weighted by Gasteiger charge is 2.54. The molecule has 2 fully saturated rings. The Balaban J connectivity index is 1.96. The van der Waals surface area contributed by atoms with Crippen molar-refractivity contribution in [2.24, 2.45) is 11.3 Å². The number of hydrogen-bond acceptors (Lipinski definition) is 6. The van der Waals surface area contributed by atoms with E-state index in [2.05, 4.69) is 21.8 Å². The number of hydrogen-bond donors (Lipinski definition) is 2.